The van der Waals surface area contributed by atoms with E-state index in [4.69, 9.17) is 14.2 Å². The van der Waals surface area contributed by atoms with Crippen molar-refractivity contribution in [3.05, 3.63) is 0 Å². The predicted molar refractivity (Wildman–Crippen MR) is 111 cm³/mol. The number of carbonyl (C=O) groups excluding carboxylic acids is 1. The van der Waals surface area contributed by atoms with Crippen molar-refractivity contribution in [1.29, 1.82) is 0 Å². The Hall–Kier alpha value is -0.610. The number of hydrogen-bond donors (Lipinski definition) is 0. The number of hydrogen-bond acceptors (Lipinski definition) is 4. The van der Waals surface area contributed by atoms with Crippen molar-refractivity contribution in [3.63, 3.8) is 0 Å². The molecule has 1 heterocycles. The molecule has 4 heteroatoms. The van der Waals surface area contributed by atoms with Crippen LogP contribution >= 0.6 is 0 Å². The second-order valence-electron chi connectivity index (χ2n) is 11.6. The first-order chi connectivity index (χ1) is 13.8. The molecule has 164 valence electrons. The third-order valence-electron chi connectivity index (χ3n) is 10.5. The van der Waals surface area contributed by atoms with Crippen LogP contribution in [0.2, 0.25) is 0 Å². The average molecular weight is 405 g/mol. The van der Waals surface area contributed by atoms with Crippen LogP contribution < -0.4 is 0 Å². The average Bonchev–Trinajstić information content (AvgIpc) is 3.25. The van der Waals surface area contributed by atoms with E-state index in [0.717, 1.165) is 43.3 Å². The Bertz CT molecular complexity index is 655. The molecule has 0 unspecified atom stereocenters. The summed E-state index contributed by atoms with van der Waals surface area (Å²) in [5.41, 5.74) is 0.668. The van der Waals surface area contributed by atoms with Crippen LogP contribution in [0.15, 0.2) is 0 Å². The van der Waals surface area contributed by atoms with Gasteiger partial charge in [-0.25, -0.2) is 0 Å². The number of esters is 1. The van der Waals surface area contributed by atoms with Crippen molar-refractivity contribution in [3.8, 4) is 0 Å². The van der Waals surface area contributed by atoms with Gasteiger partial charge in [-0.15, -0.1) is 0 Å². The van der Waals surface area contributed by atoms with Gasteiger partial charge in [0.2, 0.25) is 0 Å². The van der Waals surface area contributed by atoms with E-state index in [1.165, 1.54) is 51.4 Å². The Balaban J connectivity index is 1.33. The molecule has 1 saturated heterocycles. The molecule has 0 spiro atoms. The molecular formula is C25H40O4. The molecule has 0 aromatic carbocycles. The predicted octanol–water partition coefficient (Wildman–Crippen LogP) is 5.34. The topological polar surface area (TPSA) is 44.8 Å². The zero-order chi connectivity index (χ0) is 20.4. The summed E-state index contributed by atoms with van der Waals surface area (Å²) in [6.45, 7) is 10.3. The fourth-order valence-electron chi connectivity index (χ4n) is 8.85. The van der Waals surface area contributed by atoms with E-state index in [1.54, 1.807) is 6.92 Å². The van der Waals surface area contributed by atoms with Gasteiger partial charge in [0, 0.05) is 18.3 Å². The maximum atomic E-state index is 11.7. The number of carbonyl (C=O) groups is 1. The zero-order valence-electron chi connectivity index (χ0n) is 18.9. The summed E-state index contributed by atoms with van der Waals surface area (Å²) in [5.74, 6) is 3.32. The maximum Gasteiger partial charge on any atom is 0.302 e. The number of ether oxygens (including phenoxy) is 3. The van der Waals surface area contributed by atoms with Gasteiger partial charge in [0.05, 0.1) is 13.2 Å². The van der Waals surface area contributed by atoms with Gasteiger partial charge < -0.3 is 14.2 Å². The normalized spacial score (nSPS) is 51.0. The molecule has 1 aliphatic heterocycles. The highest BCUT2D eigenvalue weighted by Crippen LogP contribution is 2.67. The Morgan fingerprint density at radius 1 is 0.828 bits per heavy atom. The van der Waals surface area contributed by atoms with Crippen LogP contribution in [-0.4, -0.2) is 31.1 Å². The first kappa shape index (κ1) is 20.3. The first-order valence-electron chi connectivity index (χ1n) is 12.2. The fourth-order valence-corrected chi connectivity index (χ4v) is 8.85. The van der Waals surface area contributed by atoms with E-state index in [0.29, 0.717) is 11.3 Å². The van der Waals surface area contributed by atoms with E-state index in [9.17, 15) is 4.79 Å². The Kier molecular flexibility index (Phi) is 4.87. The summed E-state index contributed by atoms with van der Waals surface area (Å²) < 4.78 is 17.9. The third kappa shape index (κ3) is 3.03. The summed E-state index contributed by atoms with van der Waals surface area (Å²) in [4.78, 5) is 11.7. The van der Waals surface area contributed by atoms with Crippen molar-refractivity contribution in [2.75, 3.05) is 13.2 Å². The summed E-state index contributed by atoms with van der Waals surface area (Å²) in [7, 11) is 0. The summed E-state index contributed by atoms with van der Waals surface area (Å²) in [6, 6.07) is 0. The molecular weight excluding hydrogens is 364 g/mol. The van der Waals surface area contributed by atoms with E-state index < -0.39 is 0 Å². The van der Waals surface area contributed by atoms with Gasteiger partial charge in [0.15, 0.2) is 5.79 Å². The lowest BCUT2D eigenvalue weighted by Crippen LogP contribution is -2.55. The lowest BCUT2D eigenvalue weighted by atomic mass is 9.44. The van der Waals surface area contributed by atoms with Crippen LogP contribution in [0.4, 0.5) is 0 Å². The largest absolute Gasteiger partial charge is 0.462 e. The zero-order valence-corrected chi connectivity index (χ0v) is 18.9. The molecule has 0 aromatic heterocycles. The van der Waals surface area contributed by atoms with E-state index in [2.05, 4.69) is 20.8 Å². The Labute approximate surface area is 176 Å². The molecule has 0 amide bonds. The van der Waals surface area contributed by atoms with Crippen molar-refractivity contribution in [1.82, 2.24) is 0 Å². The summed E-state index contributed by atoms with van der Waals surface area (Å²) in [6.07, 6.45) is 11.6. The standard InChI is InChI=1S/C25H40O4/c1-16(26)29-22-8-7-20-19-6-5-17-15-18(25(4)27-13-14-28-25)9-11-23(17,2)21(19)10-12-24(20,22)3/h17-22H,5-15H2,1-4H3/t17-,18-,19-,20-,21-,22-,23-,24-/m0/s1. The molecule has 5 aliphatic rings. The molecule has 4 nitrogen and oxygen atoms in total. The number of fused-ring (bicyclic) bond motifs is 5. The van der Waals surface area contributed by atoms with Crippen LogP contribution in [0.1, 0.15) is 85.5 Å². The van der Waals surface area contributed by atoms with Gasteiger partial charge in [0.1, 0.15) is 6.10 Å². The van der Waals surface area contributed by atoms with Crippen molar-refractivity contribution in [2.24, 2.45) is 40.4 Å². The number of rotatable bonds is 2. The highest BCUT2D eigenvalue weighted by molar-refractivity contribution is 5.66. The minimum absolute atomic E-state index is 0.0992. The van der Waals surface area contributed by atoms with Crippen LogP contribution in [0, 0.1) is 40.4 Å². The molecule has 0 N–H and O–H groups in total. The van der Waals surface area contributed by atoms with E-state index in [-0.39, 0.29) is 23.3 Å². The highest BCUT2D eigenvalue weighted by Gasteiger charge is 2.61. The lowest BCUT2D eigenvalue weighted by Gasteiger charge is -2.61. The second-order valence-corrected chi connectivity index (χ2v) is 11.6. The maximum absolute atomic E-state index is 11.7. The van der Waals surface area contributed by atoms with Crippen LogP contribution in [0.25, 0.3) is 0 Å². The van der Waals surface area contributed by atoms with Crippen molar-refractivity contribution in [2.45, 2.75) is 97.4 Å². The highest BCUT2D eigenvalue weighted by atomic mass is 16.7. The lowest BCUT2D eigenvalue weighted by molar-refractivity contribution is -0.211. The summed E-state index contributed by atoms with van der Waals surface area (Å²) in [5, 5.41) is 0. The van der Waals surface area contributed by atoms with Gasteiger partial charge in [-0.2, -0.15) is 0 Å². The van der Waals surface area contributed by atoms with Crippen molar-refractivity contribution < 1.29 is 19.0 Å². The molecule has 4 aliphatic carbocycles. The van der Waals surface area contributed by atoms with E-state index in [1.807, 2.05) is 0 Å². The Morgan fingerprint density at radius 2 is 1.52 bits per heavy atom. The van der Waals surface area contributed by atoms with Gasteiger partial charge in [-0.3, -0.25) is 4.79 Å². The second kappa shape index (κ2) is 6.95. The van der Waals surface area contributed by atoms with Crippen LogP contribution in [-0.2, 0) is 19.0 Å². The molecule has 8 atom stereocenters. The van der Waals surface area contributed by atoms with Crippen molar-refractivity contribution >= 4 is 5.97 Å². The SMILES string of the molecule is CC(=O)O[C@H]1CC[C@H]2[C@@H]3CC[C@H]4C[C@@H](C5(C)OCCO5)CC[C@]4(C)[C@H]3CC[C@]12C. The molecule has 4 saturated carbocycles. The fraction of sp³-hybridized carbons (Fsp3) is 0.960. The molecule has 5 rings (SSSR count). The molecule has 0 radical (unpaired) electrons. The van der Waals surface area contributed by atoms with Crippen LogP contribution in [0.5, 0.6) is 0 Å². The smallest absolute Gasteiger partial charge is 0.302 e. The monoisotopic (exact) mass is 404 g/mol. The van der Waals surface area contributed by atoms with E-state index >= 15 is 0 Å². The Morgan fingerprint density at radius 3 is 2.24 bits per heavy atom. The van der Waals surface area contributed by atoms with Gasteiger partial charge in [-0.1, -0.05) is 13.8 Å². The molecule has 29 heavy (non-hydrogen) atoms. The quantitative estimate of drug-likeness (QED) is 0.583. The molecule has 0 bridgehead atoms. The summed E-state index contributed by atoms with van der Waals surface area (Å²) >= 11 is 0. The minimum atomic E-state index is -0.341. The molecule has 0 aromatic rings. The first-order valence-corrected chi connectivity index (χ1v) is 12.2. The van der Waals surface area contributed by atoms with Gasteiger partial charge >= 0.3 is 5.97 Å². The van der Waals surface area contributed by atoms with Gasteiger partial charge in [-0.05, 0) is 93.8 Å². The van der Waals surface area contributed by atoms with Gasteiger partial charge in [0.25, 0.3) is 0 Å². The molecule has 5 fully saturated rings. The minimum Gasteiger partial charge on any atom is -0.462 e. The third-order valence-corrected chi connectivity index (χ3v) is 10.5. The van der Waals surface area contributed by atoms with Crippen LogP contribution in [0.3, 0.4) is 0 Å².